The lowest BCUT2D eigenvalue weighted by Crippen LogP contribution is -2.21. The van der Waals surface area contributed by atoms with Crippen molar-refractivity contribution in [2.24, 2.45) is 5.92 Å². The number of Topliss-reactive ketones (excluding diaryl/α,β-unsaturated/α-hetero) is 1. The molecule has 0 saturated carbocycles. The molecule has 5 heteroatoms. The zero-order valence-electron chi connectivity index (χ0n) is 12.5. The summed E-state index contributed by atoms with van der Waals surface area (Å²) in [7, 11) is -1.92. The van der Waals surface area contributed by atoms with E-state index in [0.717, 1.165) is 0 Å². The number of carbonyl (C=O) groups is 1. The summed E-state index contributed by atoms with van der Waals surface area (Å²) in [6.45, 7) is 1.63. The van der Waals surface area contributed by atoms with Crippen LogP contribution in [0.3, 0.4) is 0 Å². The highest BCUT2D eigenvalue weighted by atomic mass is 32.2. The molecule has 1 atom stereocenters. The van der Waals surface area contributed by atoms with Crippen molar-refractivity contribution < 1.29 is 17.9 Å². The van der Waals surface area contributed by atoms with Crippen LogP contribution in [0.1, 0.15) is 17.3 Å². The average molecular weight is 318 g/mol. The largest absolute Gasteiger partial charge is 0.497 e. The lowest BCUT2D eigenvalue weighted by molar-refractivity contribution is 0.0940. The number of rotatable bonds is 6. The van der Waals surface area contributed by atoms with Gasteiger partial charge < -0.3 is 4.74 Å². The van der Waals surface area contributed by atoms with Gasteiger partial charge in [-0.15, -0.1) is 0 Å². The van der Waals surface area contributed by atoms with Crippen LogP contribution in [0, 0.1) is 5.92 Å². The Hall–Kier alpha value is -2.14. The van der Waals surface area contributed by atoms with Crippen molar-refractivity contribution in [3.63, 3.8) is 0 Å². The average Bonchev–Trinajstić information content (AvgIpc) is 2.54. The summed E-state index contributed by atoms with van der Waals surface area (Å²) in [6, 6.07) is 14.8. The van der Waals surface area contributed by atoms with Crippen LogP contribution in [-0.2, 0) is 9.84 Å². The maximum atomic E-state index is 12.3. The molecule has 0 amide bonds. The number of methoxy groups -OCH3 is 1. The van der Waals surface area contributed by atoms with Gasteiger partial charge in [0, 0.05) is 11.5 Å². The summed E-state index contributed by atoms with van der Waals surface area (Å²) >= 11 is 0. The number of hydrogen-bond donors (Lipinski definition) is 0. The van der Waals surface area contributed by atoms with Gasteiger partial charge in [-0.05, 0) is 36.4 Å². The summed E-state index contributed by atoms with van der Waals surface area (Å²) in [5.74, 6) is -0.358. The van der Waals surface area contributed by atoms with Crippen molar-refractivity contribution in [3.8, 4) is 5.75 Å². The third kappa shape index (κ3) is 3.74. The lowest BCUT2D eigenvalue weighted by Gasteiger charge is -2.11. The fourth-order valence-corrected chi connectivity index (χ4v) is 3.74. The summed E-state index contributed by atoms with van der Waals surface area (Å²) < 4.78 is 29.7. The minimum absolute atomic E-state index is 0.192. The quantitative estimate of drug-likeness (QED) is 0.768. The van der Waals surface area contributed by atoms with Crippen molar-refractivity contribution in [2.75, 3.05) is 12.9 Å². The van der Waals surface area contributed by atoms with E-state index in [9.17, 15) is 13.2 Å². The molecule has 4 nitrogen and oxygen atoms in total. The summed E-state index contributed by atoms with van der Waals surface area (Å²) in [5.41, 5.74) is 0.483. The molecular weight excluding hydrogens is 300 g/mol. The molecule has 0 fully saturated rings. The Balaban J connectivity index is 2.14. The Morgan fingerprint density at radius 2 is 1.64 bits per heavy atom. The molecule has 0 aliphatic heterocycles. The molecule has 0 heterocycles. The molecule has 0 aromatic heterocycles. The number of ether oxygens (including phenoxy) is 1. The Labute approximate surface area is 130 Å². The monoisotopic (exact) mass is 318 g/mol. The molecule has 116 valence electrons. The zero-order valence-corrected chi connectivity index (χ0v) is 13.3. The van der Waals surface area contributed by atoms with Crippen LogP contribution in [0.4, 0.5) is 0 Å². The van der Waals surface area contributed by atoms with E-state index in [-0.39, 0.29) is 16.4 Å². The normalized spacial score (nSPS) is 12.6. The molecule has 2 aromatic rings. The number of sulfone groups is 1. The Bertz CT molecular complexity index is 734. The van der Waals surface area contributed by atoms with Crippen molar-refractivity contribution in [2.45, 2.75) is 11.8 Å². The predicted octanol–water partition coefficient (Wildman–Crippen LogP) is 2.99. The van der Waals surface area contributed by atoms with Crippen LogP contribution in [0.25, 0.3) is 0 Å². The molecule has 2 rings (SSSR count). The van der Waals surface area contributed by atoms with Crippen LogP contribution in [0.5, 0.6) is 5.75 Å². The summed E-state index contributed by atoms with van der Waals surface area (Å²) in [4.78, 5) is 12.6. The number of ketones is 1. The number of hydrogen-bond acceptors (Lipinski definition) is 4. The van der Waals surface area contributed by atoms with E-state index in [4.69, 9.17) is 4.74 Å². The third-order valence-electron chi connectivity index (χ3n) is 3.39. The van der Waals surface area contributed by atoms with Gasteiger partial charge in [0.15, 0.2) is 15.6 Å². The minimum atomic E-state index is -3.47. The third-order valence-corrected chi connectivity index (χ3v) is 5.32. The van der Waals surface area contributed by atoms with Crippen LogP contribution in [-0.4, -0.2) is 27.1 Å². The number of benzene rings is 2. The van der Waals surface area contributed by atoms with Gasteiger partial charge in [0.1, 0.15) is 5.75 Å². The Kier molecular flexibility index (Phi) is 4.98. The first-order valence-corrected chi connectivity index (χ1v) is 8.55. The Morgan fingerprint density at radius 1 is 1.05 bits per heavy atom. The van der Waals surface area contributed by atoms with Gasteiger partial charge in [0.05, 0.1) is 17.8 Å². The second-order valence-corrected chi connectivity index (χ2v) is 7.12. The smallest absolute Gasteiger partial charge is 0.179 e. The number of carbonyl (C=O) groups excluding carboxylic acids is 1. The van der Waals surface area contributed by atoms with Crippen LogP contribution in [0.15, 0.2) is 59.5 Å². The molecule has 2 aromatic carbocycles. The fourth-order valence-electron chi connectivity index (χ4n) is 2.17. The molecule has 0 N–H and O–H groups in total. The Morgan fingerprint density at radius 3 is 2.18 bits per heavy atom. The first kappa shape index (κ1) is 16.2. The molecule has 22 heavy (non-hydrogen) atoms. The molecule has 0 radical (unpaired) electrons. The van der Waals surface area contributed by atoms with E-state index >= 15 is 0 Å². The van der Waals surface area contributed by atoms with Gasteiger partial charge in [-0.1, -0.05) is 25.1 Å². The van der Waals surface area contributed by atoms with Crippen molar-refractivity contribution in [1.82, 2.24) is 0 Å². The highest BCUT2D eigenvalue weighted by molar-refractivity contribution is 7.91. The second kappa shape index (κ2) is 6.75. The molecule has 0 aliphatic carbocycles. The second-order valence-electron chi connectivity index (χ2n) is 5.09. The topological polar surface area (TPSA) is 60.4 Å². The van der Waals surface area contributed by atoms with E-state index < -0.39 is 15.8 Å². The van der Waals surface area contributed by atoms with Crippen molar-refractivity contribution in [3.05, 3.63) is 60.2 Å². The van der Waals surface area contributed by atoms with Gasteiger partial charge in [-0.3, -0.25) is 4.79 Å². The predicted molar refractivity (Wildman–Crippen MR) is 85.0 cm³/mol. The van der Waals surface area contributed by atoms with E-state index in [1.807, 2.05) is 0 Å². The van der Waals surface area contributed by atoms with Gasteiger partial charge in [-0.25, -0.2) is 8.42 Å². The van der Waals surface area contributed by atoms with Gasteiger partial charge in [0.25, 0.3) is 0 Å². The molecule has 0 bridgehead atoms. The molecule has 0 aliphatic rings. The van der Waals surface area contributed by atoms with Crippen LogP contribution in [0.2, 0.25) is 0 Å². The van der Waals surface area contributed by atoms with E-state index in [1.54, 1.807) is 68.6 Å². The molecule has 0 spiro atoms. The van der Waals surface area contributed by atoms with E-state index in [2.05, 4.69) is 0 Å². The van der Waals surface area contributed by atoms with Gasteiger partial charge >= 0.3 is 0 Å². The molecule has 0 saturated heterocycles. The zero-order chi connectivity index (χ0) is 16.2. The first-order chi connectivity index (χ1) is 10.4. The molecule has 1 unspecified atom stereocenters. The molecular formula is C17H18O4S. The van der Waals surface area contributed by atoms with E-state index in [1.165, 1.54) is 0 Å². The van der Waals surface area contributed by atoms with Crippen LogP contribution >= 0.6 is 0 Å². The van der Waals surface area contributed by atoms with Gasteiger partial charge in [-0.2, -0.15) is 0 Å². The minimum Gasteiger partial charge on any atom is -0.497 e. The van der Waals surface area contributed by atoms with Crippen molar-refractivity contribution >= 4 is 15.6 Å². The first-order valence-electron chi connectivity index (χ1n) is 6.90. The SMILES string of the molecule is COc1ccc(C(=O)C(C)CS(=O)(=O)c2ccccc2)cc1. The van der Waals surface area contributed by atoms with Crippen LogP contribution < -0.4 is 4.74 Å². The highest BCUT2D eigenvalue weighted by Gasteiger charge is 2.24. The highest BCUT2D eigenvalue weighted by Crippen LogP contribution is 2.18. The lowest BCUT2D eigenvalue weighted by atomic mass is 10.0. The van der Waals surface area contributed by atoms with Crippen molar-refractivity contribution in [1.29, 1.82) is 0 Å². The fraction of sp³-hybridized carbons (Fsp3) is 0.235. The summed E-state index contributed by atoms with van der Waals surface area (Å²) in [5, 5.41) is 0. The van der Waals surface area contributed by atoms with E-state index in [0.29, 0.717) is 11.3 Å². The standard InChI is InChI=1S/C17H18O4S/c1-13(12-22(19,20)16-6-4-3-5-7-16)17(18)14-8-10-15(21-2)11-9-14/h3-11,13H,12H2,1-2H3. The summed E-state index contributed by atoms with van der Waals surface area (Å²) in [6.07, 6.45) is 0. The maximum absolute atomic E-state index is 12.3. The van der Waals surface area contributed by atoms with Gasteiger partial charge in [0.2, 0.25) is 0 Å². The maximum Gasteiger partial charge on any atom is 0.179 e.